The molecule has 30 heavy (non-hydrogen) atoms. The van der Waals surface area contributed by atoms with Crippen molar-refractivity contribution in [3.63, 3.8) is 0 Å². The van der Waals surface area contributed by atoms with Crippen molar-refractivity contribution in [3.05, 3.63) is 29.8 Å². The number of hydrogen-bond acceptors (Lipinski definition) is 4. The van der Waals surface area contributed by atoms with E-state index in [1.165, 1.54) is 31.0 Å². The zero-order valence-corrected chi connectivity index (χ0v) is 17.9. The molecule has 0 aliphatic heterocycles. The van der Waals surface area contributed by atoms with E-state index in [9.17, 15) is 14.4 Å². The van der Waals surface area contributed by atoms with E-state index < -0.39 is 0 Å². The van der Waals surface area contributed by atoms with Gasteiger partial charge in [-0.3, -0.25) is 25.2 Å². The SMILES string of the molecule is O=C(CSc1ccccc1C(=O)NNC(=O)C12CC3CC(CC(C3)C1)C2)NC1CC1. The highest BCUT2D eigenvalue weighted by atomic mass is 32.2. The van der Waals surface area contributed by atoms with E-state index in [0.717, 1.165) is 37.0 Å². The molecule has 0 heterocycles. The van der Waals surface area contributed by atoms with Gasteiger partial charge in [0.25, 0.3) is 5.91 Å². The Labute approximate surface area is 181 Å². The van der Waals surface area contributed by atoms with E-state index in [1.807, 2.05) is 12.1 Å². The number of carbonyl (C=O) groups excluding carboxylic acids is 3. The summed E-state index contributed by atoms with van der Waals surface area (Å²) < 4.78 is 0. The van der Waals surface area contributed by atoms with Crippen LogP contribution >= 0.6 is 11.8 Å². The standard InChI is InChI=1S/C23H29N3O3S/c27-20(24-17-5-6-17)13-30-19-4-2-1-3-18(19)21(28)25-26-22(29)23-10-14-7-15(11-23)9-16(8-14)12-23/h1-4,14-17H,5-13H2,(H,24,27)(H,25,28)(H,26,29). The Hall–Kier alpha value is -2.02. The molecule has 7 heteroatoms. The van der Waals surface area contributed by atoms with Crippen LogP contribution in [0, 0.1) is 23.2 Å². The van der Waals surface area contributed by atoms with E-state index in [0.29, 0.717) is 29.4 Å². The molecule has 5 aliphatic carbocycles. The third kappa shape index (κ3) is 4.09. The quantitative estimate of drug-likeness (QED) is 0.481. The average Bonchev–Trinajstić information content (AvgIpc) is 3.53. The highest BCUT2D eigenvalue weighted by Crippen LogP contribution is 2.60. The lowest BCUT2D eigenvalue weighted by Gasteiger charge is -2.55. The monoisotopic (exact) mass is 427 g/mol. The van der Waals surface area contributed by atoms with Gasteiger partial charge in [0.1, 0.15) is 0 Å². The second-order valence-corrected chi connectivity index (χ2v) is 10.7. The minimum absolute atomic E-state index is 0.00664. The van der Waals surface area contributed by atoms with Crippen LogP contribution in [-0.2, 0) is 9.59 Å². The zero-order valence-electron chi connectivity index (χ0n) is 17.1. The minimum Gasteiger partial charge on any atom is -0.353 e. The molecule has 1 aromatic carbocycles. The van der Waals surface area contributed by atoms with Crippen molar-refractivity contribution in [1.82, 2.24) is 16.2 Å². The molecule has 5 saturated carbocycles. The summed E-state index contributed by atoms with van der Waals surface area (Å²) in [4.78, 5) is 38.6. The van der Waals surface area contributed by atoms with Gasteiger partial charge in [0.2, 0.25) is 11.8 Å². The third-order valence-corrected chi connectivity index (χ3v) is 8.32. The fraction of sp³-hybridized carbons (Fsp3) is 0.609. The fourth-order valence-corrected chi connectivity index (χ4v) is 6.98. The number of thioether (sulfide) groups is 1. The normalized spacial score (nSPS) is 31.3. The largest absolute Gasteiger partial charge is 0.353 e. The number of amides is 3. The van der Waals surface area contributed by atoms with E-state index in [4.69, 9.17) is 0 Å². The summed E-state index contributed by atoms with van der Waals surface area (Å²) >= 11 is 1.35. The number of nitrogens with one attached hydrogen (secondary N) is 3. The first-order chi connectivity index (χ1) is 14.5. The Morgan fingerprint density at radius 3 is 2.20 bits per heavy atom. The summed E-state index contributed by atoms with van der Waals surface area (Å²) in [5.74, 6) is 1.95. The second kappa shape index (κ2) is 7.91. The molecule has 4 bridgehead atoms. The molecule has 0 spiro atoms. The smallest absolute Gasteiger partial charge is 0.270 e. The summed E-state index contributed by atoms with van der Waals surface area (Å²) in [6, 6.07) is 7.55. The topological polar surface area (TPSA) is 87.3 Å². The minimum atomic E-state index is -0.334. The molecule has 1 aromatic rings. The van der Waals surface area contributed by atoms with Gasteiger partial charge in [-0.1, -0.05) is 12.1 Å². The number of hydrogen-bond donors (Lipinski definition) is 3. The summed E-state index contributed by atoms with van der Waals surface area (Å²) in [5.41, 5.74) is 5.56. The van der Waals surface area contributed by atoms with E-state index in [1.54, 1.807) is 12.1 Å². The lowest BCUT2D eigenvalue weighted by Crippen LogP contribution is -2.56. The first-order valence-corrected chi connectivity index (χ1v) is 12.1. The van der Waals surface area contributed by atoms with Gasteiger partial charge in [-0.05, 0) is 81.3 Å². The Bertz CT molecular complexity index is 832. The van der Waals surface area contributed by atoms with Crippen LogP contribution in [0.1, 0.15) is 61.7 Å². The van der Waals surface area contributed by atoms with Crippen molar-refractivity contribution in [2.45, 2.75) is 62.3 Å². The number of hydrazine groups is 1. The van der Waals surface area contributed by atoms with Crippen LogP contribution in [0.4, 0.5) is 0 Å². The number of carbonyl (C=O) groups is 3. The fourth-order valence-electron chi connectivity index (χ4n) is 6.12. The van der Waals surface area contributed by atoms with E-state index in [-0.39, 0.29) is 28.9 Å². The average molecular weight is 428 g/mol. The highest BCUT2D eigenvalue weighted by molar-refractivity contribution is 8.00. The molecule has 3 amide bonds. The summed E-state index contributed by atoms with van der Waals surface area (Å²) in [5, 5.41) is 2.96. The third-order valence-electron chi connectivity index (χ3n) is 7.24. The van der Waals surface area contributed by atoms with Crippen LogP contribution in [0.15, 0.2) is 29.2 Å². The molecule has 0 atom stereocenters. The van der Waals surface area contributed by atoms with Gasteiger partial charge in [0.05, 0.1) is 16.7 Å². The van der Waals surface area contributed by atoms with Gasteiger partial charge >= 0.3 is 0 Å². The highest BCUT2D eigenvalue weighted by Gasteiger charge is 2.54. The van der Waals surface area contributed by atoms with Crippen molar-refractivity contribution in [1.29, 1.82) is 0 Å². The number of rotatable bonds is 6. The maximum Gasteiger partial charge on any atom is 0.270 e. The van der Waals surface area contributed by atoms with Crippen molar-refractivity contribution >= 4 is 29.5 Å². The molecule has 160 valence electrons. The predicted molar refractivity (Wildman–Crippen MR) is 115 cm³/mol. The predicted octanol–water partition coefficient (Wildman–Crippen LogP) is 3.03. The first-order valence-electron chi connectivity index (χ1n) is 11.1. The van der Waals surface area contributed by atoms with Gasteiger partial charge in [-0.2, -0.15) is 0 Å². The van der Waals surface area contributed by atoms with Crippen LogP contribution in [-0.4, -0.2) is 29.5 Å². The van der Waals surface area contributed by atoms with Crippen LogP contribution < -0.4 is 16.2 Å². The molecule has 5 aliphatic rings. The molecule has 3 N–H and O–H groups in total. The van der Waals surface area contributed by atoms with E-state index in [2.05, 4.69) is 16.2 Å². The molecule has 0 unspecified atom stereocenters. The van der Waals surface area contributed by atoms with Gasteiger partial charge in [0, 0.05) is 10.9 Å². The molecule has 5 fully saturated rings. The first kappa shape index (κ1) is 19.9. The van der Waals surface area contributed by atoms with Crippen LogP contribution in [0.5, 0.6) is 0 Å². The molecule has 0 aromatic heterocycles. The molecule has 6 rings (SSSR count). The second-order valence-electron chi connectivity index (χ2n) is 9.73. The van der Waals surface area contributed by atoms with E-state index >= 15 is 0 Å². The summed E-state index contributed by atoms with van der Waals surface area (Å²) in [7, 11) is 0. The zero-order chi connectivity index (χ0) is 20.7. The maximum atomic E-state index is 13.1. The Morgan fingerprint density at radius 1 is 0.933 bits per heavy atom. The Balaban J connectivity index is 1.18. The van der Waals surface area contributed by atoms with Crippen molar-refractivity contribution < 1.29 is 14.4 Å². The summed E-state index contributed by atoms with van der Waals surface area (Å²) in [6.07, 6.45) is 8.82. The van der Waals surface area contributed by atoms with Gasteiger partial charge < -0.3 is 5.32 Å². The van der Waals surface area contributed by atoms with Crippen molar-refractivity contribution in [2.75, 3.05) is 5.75 Å². The van der Waals surface area contributed by atoms with Gasteiger partial charge in [-0.25, -0.2) is 0 Å². The van der Waals surface area contributed by atoms with Crippen LogP contribution in [0.25, 0.3) is 0 Å². The van der Waals surface area contributed by atoms with Gasteiger partial charge in [-0.15, -0.1) is 11.8 Å². The molecule has 0 radical (unpaired) electrons. The molecule has 6 nitrogen and oxygen atoms in total. The Kier molecular flexibility index (Phi) is 5.25. The molecule has 0 saturated heterocycles. The van der Waals surface area contributed by atoms with Crippen molar-refractivity contribution in [2.24, 2.45) is 23.2 Å². The lowest BCUT2D eigenvalue weighted by molar-refractivity contribution is -0.147. The Morgan fingerprint density at radius 2 is 1.57 bits per heavy atom. The van der Waals surface area contributed by atoms with Crippen molar-refractivity contribution in [3.8, 4) is 0 Å². The summed E-state index contributed by atoms with van der Waals surface area (Å²) in [6.45, 7) is 0. The van der Waals surface area contributed by atoms with Gasteiger partial charge in [0.15, 0.2) is 0 Å². The van der Waals surface area contributed by atoms with Crippen LogP contribution in [0.2, 0.25) is 0 Å². The maximum absolute atomic E-state index is 13.1. The molecular weight excluding hydrogens is 398 g/mol. The lowest BCUT2D eigenvalue weighted by atomic mass is 9.49. The van der Waals surface area contributed by atoms with Crippen LogP contribution in [0.3, 0.4) is 0 Å². The number of benzene rings is 1. The molecular formula is C23H29N3O3S.